The molecule has 2 nitrogen and oxygen atoms in total. The summed E-state index contributed by atoms with van der Waals surface area (Å²) in [4.78, 5) is 2.51. The van der Waals surface area contributed by atoms with Crippen molar-refractivity contribution in [1.82, 2.24) is 10.2 Å². The van der Waals surface area contributed by atoms with Crippen molar-refractivity contribution in [2.24, 2.45) is 0 Å². The van der Waals surface area contributed by atoms with Gasteiger partial charge in [-0.1, -0.05) is 13.3 Å². The van der Waals surface area contributed by atoms with Gasteiger partial charge in [-0.05, 0) is 33.4 Å². The highest BCUT2D eigenvalue weighted by Gasteiger charge is 2.22. The molecular weight excluding hydrogens is 148 g/mol. The second kappa shape index (κ2) is 4.83. The normalized spacial score (nSPS) is 21.0. The first kappa shape index (κ1) is 10.0. The maximum absolute atomic E-state index is 3.34. The van der Waals surface area contributed by atoms with E-state index in [0.717, 1.165) is 6.04 Å². The number of nitrogens with zero attached hydrogens (tertiary/aromatic N) is 1. The smallest absolute Gasteiger partial charge is 0.0189 e. The molecule has 0 amide bonds. The van der Waals surface area contributed by atoms with E-state index < -0.39 is 0 Å². The summed E-state index contributed by atoms with van der Waals surface area (Å²) in [5.41, 5.74) is 0. The molecule has 0 aromatic rings. The summed E-state index contributed by atoms with van der Waals surface area (Å²) in [6.45, 7) is 3.45. The molecule has 1 saturated carbocycles. The van der Waals surface area contributed by atoms with E-state index in [1.54, 1.807) is 0 Å². The van der Waals surface area contributed by atoms with Gasteiger partial charge in [0.15, 0.2) is 0 Å². The number of hydrogen-bond donors (Lipinski definition) is 1. The fourth-order valence-electron chi connectivity index (χ4n) is 1.75. The number of likely N-dealkylation sites (N-methyl/N-ethyl adjacent to an activating group) is 2. The molecule has 1 unspecified atom stereocenters. The molecule has 72 valence electrons. The molecule has 1 N–H and O–H groups in total. The summed E-state index contributed by atoms with van der Waals surface area (Å²) in [6, 6.07) is 1.56. The fraction of sp³-hybridized carbons (Fsp3) is 1.00. The first-order valence-corrected chi connectivity index (χ1v) is 5.15. The third kappa shape index (κ3) is 2.46. The van der Waals surface area contributed by atoms with E-state index >= 15 is 0 Å². The van der Waals surface area contributed by atoms with Crippen molar-refractivity contribution in [2.45, 2.75) is 44.7 Å². The van der Waals surface area contributed by atoms with Crippen LogP contribution in [-0.2, 0) is 0 Å². The van der Waals surface area contributed by atoms with Crippen LogP contribution in [0.2, 0.25) is 0 Å². The van der Waals surface area contributed by atoms with Crippen LogP contribution in [-0.4, -0.2) is 37.6 Å². The molecule has 1 atom stereocenters. The van der Waals surface area contributed by atoms with Gasteiger partial charge in [0.05, 0.1) is 0 Å². The van der Waals surface area contributed by atoms with Crippen LogP contribution in [0.25, 0.3) is 0 Å². The van der Waals surface area contributed by atoms with Crippen LogP contribution in [0.5, 0.6) is 0 Å². The molecule has 0 radical (unpaired) electrons. The summed E-state index contributed by atoms with van der Waals surface area (Å²) in [5.74, 6) is 0. The molecule has 0 bridgehead atoms. The van der Waals surface area contributed by atoms with Gasteiger partial charge >= 0.3 is 0 Å². The van der Waals surface area contributed by atoms with Crippen LogP contribution in [0.4, 0.5) is 0 Å². The third-order valence-electron chi connectivity index (χ3n) is 3.11. The van der Waals surface area contributed by atoms with Crippen LogP contribution in [0.15, 0.2) is 0 Å². The minimum Gasteiger partial charge on any atom is -0.316 e. The van der Waals surface area contributed by atoms with Crippen LogP contribution < -0.4 is 5.32 Å². The molecule has 1 aliphatic carbocycles. The Morgan fingerprint density at radius 3 is 2.50 bits per heavy atom. The molecule has 0 aromatic heterocycles. The van der Waals surface area contributed by atoms with Crippen LogP contribution >= 0.6 is 0 Å². The van der Waals surface area contributed by atoms with Gasteiger partial charge in [-0.25, -0.2) is 0 Å². The van der Waals surface area contributed by atoms with Crippen LogP contribution in [0, 0.1) is 0 Å². The van der Waals surface area contributed by atoms with Gasteiger partial charge in [-0.2, -0.15) is 0 Å². The summed E-state index contributed by atoms with van der Waals surface area (Å²) >= 11 is 0. The first-order chi connectivity index (χ1) is 5.77. The second-order valence-corrected chi connectivity index (χ2v) is 3.92. The molecule has 1 rings (SSSR count). The maximum Gasteiger partial charge on any atom is 0.0189 e. The van der Waals surface area contributed by atoms with Crippen molar-refractivity contribution < 1.29 is 0 Å². The zero-order valence-electron chi connectivity index (χ0n) is 8.64. The quantitative estimate of drug-likeness (QED) is 0.672. The number of rotatable bonds is 5. The molecule has 12 heavy (non-hydrogen) atoms. The van der Waals surface area contributed by atoms with Crippen LogP contribution in [0.1, 0.15) is 32.6 Å². The van der Waals surface area contributed by atoms with E-state index in [1.165, 1.54) is 32.2 Å². The average Bonchev–Trinajstić information content (AvgIpc) is 1.96. The molecule has 1 fully saturated rings. The average molecular weight is 170 g/mol. The lowest BCUT2D eigenvalue weighted by Gasteiger charge is -2.36. The predicted octanol–water partition coefficient (Wildman–Crippen LogP) is 1.47. The third-order valence-corrected chi connectivity index (χ3v) is 3.11. The predicted molar refractivity (Wildman–Crippen MR) is 53.4 cm³/mol. The van der Waals surface area contributed by atoms with Gasteiger partial charge in [0.25, 0.3) is 0 Å². The first-order valence-electron chi connectivity index (χ1n) is 5.15. The molecule has 0 spiro atoms. The molecule has 0 saturated heterocycles. The largest absolute Gasteiger partial charge is 0.316 e. The fourth-order valence-corrected chi connectivity index (χ4v) is 1.75. The highest BCUT2D eigenvalue weighted by atomic mass is 15.2. The Balaban J connectivity index is 2.18. The zero-order valence-corrected chi connectivity index (χ0v) is 8.64. The van der Waals surface area contributed by atoms with E-state index in [4.69, 9.17) is 0 Å². The second-order valence-electron chi connectivity index (χ2n) is 3.92. The Kier molecular flexibility index (Phi) is 4.02. The van der Waals surface area contributed by atoms with Gasteiger partial charge < -0.3 is 10.2 Å². The lowest BCUT2D eigenvalue weighted by atomic mass is 9.91. The van der Waals surface area contributed by atoms with E-state index in [1.807, 2.05) is 0 Å². The van der Waals surface area contributed by atoms with E-state index in [-0.39, 0.29) is 0 Å². The topological polar surface area (TPSA) is 15.3 Å². The lowest BCUT2D eigenvalue weighted by molar-refractivity contribution is 0.146. The Morgan fingerprint density at radius 2 is 2.17 bits per heavy atom. The minimum absolute atomic E-state index is 0.676. The Morgan fingerprint density at radius 1 is 1.50 bits per heavy atom. The van der Waals surface area contributed by atoms with Gasteiger partial charge in [0.1, 0.15) is 0 Å². The Hall–Kier alpha value is -0.0800. The van der Waals surface area contributed by atoms with Crippen molar-refractivity contribution in [3.8, 4) is 0 Å². The number of nitrogens with one attached hydrogen (secondary N) is 1. The highest BCUT2D eigenvalue weighted by Crippen LogP contribution is 2.23. The van der Waals surface area contributed by atoms with Gasteiger partial charge in [-0.3, -0.25) is 0 Å². The number of hydrogen-bond acceptors (Lipinski definition) is 2. The SMILES string of the molecule is CCC(CN(C)C1CCC1)NC. The molecule has 0 aliphatic heterocycles. The summed E-state index contributed by atoms with van der Waals surface area (Å²) in [5, 5.41) is 3.34. The van der Waals surface area contributed by atoms with Gasteiger partial charge in [-0.15, -0.1) is 0 Å². The summed E-state index contributed by atoms with van der Waals surface area (Å²) < 4.78 is 0. The molecule has 1 aliphatic rings. The molecule has 0 aromatic carbocycles. The van der Waals surface area contributed by atoms with Crippen LogP contribution in [0.3, 0.4) is 0 Å². The van der Waals surface area contributed by atoms with Gasteiger partial charge in [0.2, 0.25) is 0 Å². The monoisotopic (exact) mass is 170 g/mol. The Labute approximate surface area is 76.3 Å². The van der Waals surface area contributed by atoms with Crippen molar-refractivity contribution in [3.05, 3.63) is 0 Å². The maximum atomic E-state index is 3.34. The van der Waals surface area contributed by atoms with Crippen molar-refractivity contribution in [1.29, 1.82) is 0 Å². The zero-order chi connectivity index (χ0) is 8.97. The Bertz CT molecular complexity index is 117. The molecular formula is C10H22N2. The van der Waals surface area contributed by atoms with E-state index in [2.05, 4.69) is 31.2 Å². The van der Waals surface area contributed by atoms with Gasteiger partial charge in [0, 0.05) is 18.6 Å². The summed E-state index contributed by atoms with van der Waals surface area (Å²) in [6.07, 6.45) is 5.49. The van der Waals surface area contributed by atoms with E-state index in [0.29, 0.717) is 6.04 Å². The van der Waals surface area contributed by atoms with Crippen molar-refractivity contribution >= 4 is 0 Å². The molecule has 2 heteroatoms. The minimum atomic E-state index is 0.676. The lowest BCUT2D eigenvalue weighted by Crippen LogP contribution is -2.44. The molecule has 0 heterocycles. The standard InChI is InChI=1S/C10H22N2/c1-4-9(11-2)8-12(3)10-6-5-7-10/h9-11H,4-8H2,1-3H3. The van der Waals surface area contributed by atoms with Crippen molar-refractivity contribution in [2.75, 3.05) is 20.6 Å². The van der Waals surface area contributed by atoms with Crippen molar-refractivity contribution in [3.63, 3.8) is 0 Å². The summed E-state index contributed by atoms with van der Waals surface area (Å²) in [7, 11) is 4.31. The van der Waals surface area contributed by atoms with E-state index in [9.17, 15) is 0 Å². The highest BCUT2D eigenvalue weighted by molar-refractivity contribution is 4.80.